The van der Waals surface area contributed by atoms with Gasteiger partial charge in [0.05, 0.1) is 6.07 Å². The number of nitriles is 1. The predicted molar refractivity (Wildman–Crippen MR) is 63.1 cm³/mol. The number of alkyl halides is 2. The van der Waals surface area contributed by atoms with Gasteiger partial charge in [-0.2, -0.15) is 14.0 Å². The van der Waals surface area contributed by atoms with Gasteiger partial charge in [-0.1, -0.05) is 11.6 Å². The fourth-order valence-corrected chi connectivity index (χ4v) is 1.61. The van der Waals surface area contributed by atoms with Crippen LogP contribution in [0, 0.1) is 11.3 Å². The Labute approximate surface area is 113 Å². The fourth-order valence-electron chi connectivity index (χ4n) is 1.36. The second kappa shape index (κ2) is 6.90. The average Bonchev–Trinajstić information content (AvgIpc) is 2.32. The van der Waals surface area contributed by atoms with Crippen LogP contribution in [0.25, 0.3) is 0 Å². The lowest BCUT2D eigenvalue weighted by molar-refractivity contribution is -0.141. The summed E-state index contributed by atoms with van der Waals surface area (Å²) >= 11 is 5.89. The van der Waals surface area contributed by atoms with E-state index in [9.17, 15) is 13.6 Å². The molecule has 19 heavy (non-hydrogen) atoms. The van der Waals surface area contributed by atoms with Gasteiger partial charge in [-0.05, 0) is 23.8 Å². The van der Waals surface area contributed by atoms with E-state index in [0.717, 1.165) is 0 Å². The fraction of sp³-hybridized carbons (Fsp3) is 0.333. The van der Waals surface area contributed by atoms with Crippen LogP contribution in [0.5, 0.6) is 5.75 Å². The van der Waals surface area contributed by atoms with E-state index in [4.69, 9.17) is 21.6 Å². The first-order valence-corrected chi connectivity index (χ1v) is 5.59. The average molecular weight is 290 g/mol. The normalized spacial score (nSPS) is 11.8. The topological polar surface area (TPSA) is 59.3 Å². The van der Waals surface area contributed by atoms with Crippen molar-refractivity contribution in [3.63, 3.8) is 0 Å². The molecule has 0 bridgehead atoms. The van der Waals surface area contributed by atoms with Gasteiger partial charge in [0.2, 0.25) is 0 Å². The number of carbonyl (C=O) groups excluding carboxylic acids is 1. The summed E-state index contributed by atoms with van der Waals surface area (Å²) in [5, 5.41) is 9.21. The number of carbonyl (C=O) groups is 1. The third kappa shape index (κ3) is 4.72. The molecule has 1 unspecified atom stereocenters. The summed E-state index contributed by atoms with van der Waals surface area (Å²) in [6, 6.07) is 5.72. The Balaban J connectivity index is 2.95. The molecule has 0 fully saturated rings. The van der Waals surface area contributed by atoms with Crippen molar-refractivity contribution in [1.82, 2.24) is 0 Å². The largest absolute Gasteiger partial charge is 0.464 e. The van der Waals surface area contributed by atoms with Crippen LogP contribution in [-0.4, -0.2) is 19.2 Å². The van der Waals surface area contributed by atoms with Gasteiger partial charge in [0.15, 0.2) is 0 Å². The molecule has 0 heterocycles. The molecule has 0 aromatic heterocycles. The highest BCUT2D eigenvalue weighted by molar-refractivity contribution is 6.31. The van der Waals surface area contributed by atoms with Crippen molar-refractivity contribution < 1.29 is 23.0 Å². The molecule has 0 saturated heterocycles. The van der Waals surface area contributed by atoms with Crippen molar-refractivity contribution >= 4 is 17.6 Å². The monoisotopic (exact) mass is 289 g/mol. The molecule has 0 N–H and O–H groups in total. The second-order valence-electron chi connectivity index (χ2n) is 3.55. The van der Waals surface area contributed by atoms with Crippen LogP contribution >= 0.6 is 11.6 Å². The molecular weight excluding hydrogens is 280 g/mol. The van der Waals surface area contributed by atoms with Gasteiger partial charge in [-0.25, -0.2) is 0 Å². The quantitative estimate of drug-likeness (QED) is 0.782. The van der Waals surface area contributed by atoms with Crippen molar-refractivity contribution in [3.8, 4) is 11.8 Å². The lowest BCUT2D eigenvalue weighted by Gasteiger charge is -2.13. The number of halogens is 3. The Bertz CT molecular complexity index is 502. The maximum absolute atomic E-state index is 12.1. The summed E-state index contributed by atoms with van der Waals surface area (Å²) in [5.74, 6) is -1.51. The first-order chi connectivity index (χ1) is 8.93. The van der Waals surface area contributed by atoms with Gasteiger partial charge in [-0.3, -0.25) is 4.79 Å². The van der Waals surface area contributed by atoms with Crippen LogP contribution < -0.4 is 4.74 Å². The third-order valence-corrected chi connectivity index (χ3v) is 2.52. The number of nitrogens with zero attached hydrogens (tertiary/aromatic N) is 1. The minimum absolute atomic E-state index is 0.113. The van der Waals surface area contributed by atoms with Crippen molar-refractivity contribution in [2.45, 2.75) is 19.5 Å². The first-order valence-electron chi connectivity index (χ1n) is 5.21. The smallest absolute Gasteiger partial charge is 0.387 e. The van der Waals surface area contributed by atoms with E-state index in [0.29, 0.717) is 0 Å². The van der Waals surface area contributed by atoms with Gasteiger partial charge < -0.3 is 9.47 Å². The van der Waals surface area contributed by atoms with E-state index in [-0.39, 0.29) is 22.9 Å². The van der Waals surface area contributed by atoms with Crippen LogP contribution in [0.15, 0.2) is 18.2 Å². The number of benzene rings is 1. The Hall–Kier alpha value is -1.87. The van der Waals surface area contributed by atoms with E-state index in [1.807, 2.05) is 6.07 Å². The minimum Gasteiger partial charge on any atom is -0.464 e. The Kier molecular flexibility index (Phi) is 5.52. The van der Waals surface area contributed by atoms with E-state index in [1.54, 1.807) is 0 Å². The highest BCUT2D eigenvalue weighted by atomic mass is 35.5. The van der Waals surface area contributed by atoms with E-state index < -0.39 is 18.5 Å². The maximum Gasteiger partial charge on any atom is 0.387 e. The minimum atomic E-state index is -2.97. The predicted octanol–water partition coefficient (Wildman–Crippen LogP) is 3.11. The summed E-state index contributed by atoms with van der Waals surface area (Å²) in [6.07, 6.45) is 0. The van der Waals surface area contributed by atoms with Crippen LogP contribution in [-0.2, 0) is 9.53 Å². The van der Waals surface area contributed by atoms with Crippen LogP contribution in [0.1, 0.15) is 18.4 Å². The zero-order chi connectivity index (χ0) is 14.4. The SMILES string of the molecule is CC(=O)OCC(C#N)c1cc(OC(F)F)ccc1Cl. The number of hydrogen-bond donors (Lipinski definition) is 0. The Morgan fingerprint density at radius 2 is 2.21 bits per heavy atom. The molecular formula is C12H10ClF2NO3. The van der Waals surface area contributed by atoms with Crippen LogP contribution in [0.3, 0.4) is 0 Å². The number of esters is 1. The zero-order valence-corrected chi connectivity index (χ0v) is 10.7. The molecule has 0 aliphatic carbocycles. The maximum atomic E-state index is 12.1. The molecule has 0 spiro atoms. The summed E-state index contributed by atoms with van der Waals surface area (Å²) in [6.45, 7) is -1.97. The Morgan fingerprint density at radius 1 is 1.53 bits per heavy atom. The van der Waals surface area contributed by atoms with Crippen molar-refractivity contribution in [3.05, 3.63) is 28.8 Å². The van der Waals surface area contributed by atoms with E-state index >= 15 is 0 Å². The van der Waals surface area contributed by atoms with Crippen molar-refractivity contribution in [2.24, 2.45) is 0 Å². The summed E-state index contributed by atoms with van der Waals surface area (Å²) in [5.41, 5.74) is 0.267. The molecule has 1 rings (SSSR count). The lowest BCUT2D eigenvalue weighted by Crippen LogP contribution is -2.10. The van der Waals surface area contributed by atoms with Crippen molar-refractivity contribution in [1.29, 1.82) is 5.26 Å². The number of hydrogen-bond acceptors (Lipinski definition) is 4. The lowest BCUT2D eigenvalue weighted by atomic mass is 10.0. The molecule has 0 aliphatic heterocycles. The third-order valence-electron chi connectivity index (χ3n) is 2.18. The number of rotatable bonds is 5. The second-order valence-corrected chi connectivity index (χ2v) is 3.95. The number of ether oxygens (including phenoxy) is 2. The van der Waals surface area contributed by atoms with Gasteiger partial charge in [-0.15, -0.1) is 0 Å². The van der Waals surface area contributed by atoms with Gasteiger partial charge in [0.25, 0.3) is 0 Å². The summed E-state index contributed by atoms with van der Waals surface area (Å²) in [4.78, 5) is 10.7. The highest BCUT2D eigenvalue weighted by Crippen LogP contribution is 2.29. The highest BCUT2D eigenvalue weighted by Gasteiger charge is 2.17. The van der Waals surface area contributed by atoms with Crippen LogP contribution in [0.2, 0.25) is 5.02 Å². The molecule has 102 valence electrons. The van der Waals surface area contributed by atoms with Gasteiger partial charge in [0, 0.05) is 11.9 Å². The molecule has 1 aromatic rings. The molecule has 0 saturated carbocycles. The molecule has 7 heteroatoms. The summed E-state index contributed by atoms with van der Waals surface area (Å²) < 4.78 is 33.1. The standard InChI is InChI=1S/C12H10ClF2NO3/c1-7(17)18-6-8(5-16)10-4-9(19-12(14)15)2-3-11(10)13/h2-4,8,12H,6H2,1H3. The Morgan fingerprint density at radius 3 is 2.74 bits per heavy atom. The molecule has 1 atom stereocenters. The molecule has 0 aliphatic rings. The first kappa shape index (κ1) is 15.2. The van der Waals surface area contributed by atoms with E-state index in [1.165, 1.54) is 25.1 Å². The molecule has 4 nitrogen and oxygen atoms in total. The van der Waals surface area contributed by atoms with E-state index in [2.05, 4.69) is 4.74 Å². The summed E-state index contributed by atoms with van der Waals surface area (Å²) in [7, 11) is 0. The molecule has 0 radical (unpaired) electrons. The zero-order valence-electron chi connectivity index (χ0n) is 9.90. The molecule has 1 aromatic carbocycles. The molecule has 0 amide bonds. The van der Waals surface area contributed by atoms with Gasteiger partial charge >= 0.3 is 12.6 Å². The van der Waals surface area contributed by atoms with Crippen LogP contribution in [0.4, 0.5) is 8.78 Å². The van der Waals surface area contributed by atoms with Crippen molar-refractivity contribution in [2.75, 3.05) is 6.61 Å². The van der Waals surface area contributed by atoms with Gasteiger partial charge in [0.1, 0.15) is 18.3 Å².